The molecule has 0 saturated carbocycles. The number of aliphatic imine (C=N–C) groups is 1. The molecule has 0 amide bonds. The lowest BCUT2D eigenvalue weighted by molar-refractivity contribution is 0.590. The molecule has 3 heteroatoms. The molecule has 0 saturated heterocycles. The van der Waals surface area contributed by atoms with Crippen molar-refractivity contribution in [3.05, 3.63) is 215 Å². The van der Waals surface area contributed by atoms with Crippen molar-refractivity contribution in [2.75, 3.05) is 0 Å². The van der Waals surface area contributed by atoms with E-state index < -0.39 is 0 Å². The standard InChI is InChI=1S/C57H53N2P/c1-8-48(60-7)32-33-54(41-20-11-9-12-21-41)58-40(3)51-36-42(43-30-34-56-53(37-43)50-25-17-18-26-55(50)59(56)47-22-13-10-14-23-47)27-28-44(51)35-45-29-31-46(57(4,5)6)38-52(45)49-24-16-15-19-39(49)2/h8-31,33-34,36-38H,7,32,35H2,1-6H3/b48-8-,54-33-,58-40?. The molecule has 1 heterocycles. The predicted octanol–water partition coefficient (Wildman–Crippen LogP) is 15.8. The molecule has 0 bridgehead atoms. The summed E-state index contributed by atoms with van der Waals surface area (Å²) in [6.45, 7) is 13.4. The van der Waals surface area contributed by atoms with Gasteiger partial charge in [-0.1, -0.05) is 175 Å². The second kappa shape index (κ2) is 17.5. The maximum absolute atomic E-state index is 5.49. The number of aromatic nitrogens is 1. The van der Waals surface area contributed by atoms with Crippen LogP contribution >= 0.6 is 8.20 Å². The zero-order chi connectivity index (χ0) is 41.8. The average Bonchev–Trinajstić information content (AvgIpc) is 3.60. The number of fused-ring (bicyclic) bond motifs is 3. The van der Waals surface area contributed by atoms with Crippen LogP contribution in [0.1, 0.15) is 74.4 Å². The van der Waals surface area contributed by atoms with E-state index >= 15 is 0 Å². The Bertz CT molecular complexity index is 2940. The van der Waals surface area contributed by atoms with Gasteiger partial charge in [-0.15, -0.1) is 0 Å². The molecule has 0 aliphatic carbocycles. The number of nitrogens with zero attached hydrogens (tertiary/aromatic N) is 2. The van der Waals surface area contributed by atoms with E-state index in [9.17, 15) is 0 Å². The van der Waals surface area contributed by atoms with Crippen LogP contribution in [0, 0.1) is 6.92 Å². The van der Waals surface area contributed by atoms with E-state index in [1.165, 1.54) is 71.6 Å². The summed E-state index contributed by atoms with van der Waals surface area (Å²) in [4.78, 5) is 5.49. The van der Waals surface area contributed by atoms with Crippen LogP contribution in [0.25, 0.3) is 55.4 Å². The van der Waals surface area contributed by atoms with E-state index in [2.05, 4.69) is 228 Å². The smallest absolute Gasteiger partial charge is 0.0669 e. The first kappa shape index (κ1) is 40.4. The van der Waals surface area contributed by atoms with Crippen molar-refractivity contribution in [3.63, 3.8) is 0 Å². The van der Waals surface area contributed by atoms with Crippen molar-refractivity contribution >= 4 is 47.7 Å². The van der Waals surface area contributed by atoms with Crippen LogP contribution in [0.4, 0.5) is 0 Å². The highest BCUT2D eigenvalue weighted by Crippen LogP contribution is 2.38. The molecule has 8 aromatic rings. The van der Waals surface area contributed by atoms with E-state index in [-0.39, 0.29) is 5.41 Å². The molecule has 0 unspecified atom stereocenters. The molecule has 8 rings (SSSR count). The fraction of sp³-hybridized carbons (Fsp3) is 0.158. The fourth-order valence-corrected chi connectivity index (χ4v) is 8.74. The van der Waals surface area contributed by atoms with Gasteiger partial charge < -0.3 is 4.57 Å². The summed E-state index contributed by atoms with van der Waals surface area (Å²) in [7, 11) is 1.03. The second-order valence-electron chi connectivity index (χ2n) is 16.7. The highest BCUT2D eigenvalue weighted by Gasteiger charge is 2.20. The summed E-state index contributed by atoms with van der Waals surface area (Å²) in [6, 6.07) is 59.8. The molecule has 60 heavy (non-hydrogen) atoms. The summed E-state index contributed by atoms with van der Waals surface area (Å²) >= 11 is 0. The summed E-state index contributed by atoms with van der Waals surface area (Å²) in [5, 5.41) is 3.75. The lowest BCUT2D eigenvalue weighted by atomic mass is 9.82. The fourth-order valence-electron chi connectivity index (χ4n) is 8.34. The van der Waals surface area contributed by atoms with Crippen molar-refractivity contribution in [3.8, 4) is 27.9 Å². The lowest BCUT2D eigenvalue weighted by Crippen LogP contribution is -2.12. The number of aryl methyl sites for hydroxylation is 1. The molecule has 0 aliphatic heterocycles. The number of hydrogen-bond donors (Lipinski definition) is 0. The van der Waals surface area contributed by atoms with Crippen molar-refractivity contribution in [1.29, 1.82) is 0 Å². The molecule has 0 fully saturated rings. The molecule has 1 aromatic heterocycles. The van der Waals surface area contributed by atoms with Crippen LogP contribution in [0.5, 0.6) is 0 Å². The van der Waals surface area contributed by atoms with Crippen molar-refractivity contribution in [2.45, 2.75) is 59.8 Å². The normalized spacial score (nSPS) is 12.8. The van der Waals surface area contributed by atoms with Gasteiger partial charge in [-0.2, -0.15) is 0 Å². The highest BCUT2D eigenvalue weighted by molar-refractivity contribution is 7.41. The number of allylic oxidation sites excluding steroid dienone is 3. The Morgan fingerprint density at radius 3 is 2.05 bits per heavy atom. The quantitative estimate of drug-likeness (QED) is 0.0916. The van der Waals surface area contributed by atoms with E-state index in [1.54, 1.807) is 0 Å². The largest absolute Gasteiger partial charge is 0.309 e. The Hall–Kier alpha value is -6.34. The Kier molecular flexibility index (Phi) is 11.8. The van der Waals surface area contributed by atoms with Gasteiger partial charge in [0.2, 0.25) is 0 Å². The van der Waals surface area contributed by atoms with Crippen LogP contribution in [0.3, 0.4) is 0 Å². The van der Waals surface area contributed by atoms with Crippen molar-refractivity contribution < 1.29 is 0 Å². The zero-order valence-electron chi connectivity index (χ0n) is 35.7. The van der Waals surface area contributed by atoms with Gasteiger partial charge in [0, 0.05) is 22.2 Å². The van der Waals surface area contributed by atoms with Crippen LogP contribution in [-0.2, 0) is 11.8 Å². The summed E-state index contributed by atoms with van der Waals surface area (Å²) in [5.41, 5.74) is 17.9. The molecular formula is C57H53N2P. The monoisotopic (exact) mass is 796 g/mol. The van der Waals surface area contributed by atoms with Gasteiger partial charge in [0.05, 0.1) is 16.7 Å². The highest BCUT2D eigenvalue weighted by atomic mass is 31.1. The Morgan fingerprint density at radius 2 is 1.32 bits per heavy atom. The van der Waals surface area contributed by atoms with Crippen LogP contribution < -0.4 is 0 Å². The maximum Gasteiger partial charge on any atom is 0.0669 e. The molecule has 0 radical (unpaired) electrons. The molecule has 0 aliphatic rings. The molecule has 296 valence electrons. The third kappa shape index (κ3) is 8.40. The van der Waals surface area contributed by atoms with Gasteiger partial charge in [-0.25, -0.2) is 0 Å². The number of benzene rings is 7. The van der Waals surface area contributed by atoms with E-state index in [1.807, 2.05) is 0 Å². The Balaban J connectivity index is 1.31. The first-order valence-corrected chi connectivity index (χ1v) is 22.1. The topological polar surface area (TPSA) is 17.3 Å². The zero-order valence-corrected chi connectivity index (χ0v) is 36.6. The number of para-hydroxylation sites is 2. The summed E-state index contributed by atoms with van der Waals surface area (Å²) in [6.07, 6.45) is 10.1. The van der Waals surface area contributed by atoms with Gasteiger partial charge >= 0.3 is 0 Å². The molecule has 0 spiro atoms. The average molecular weight is 797 g/mol. The molecule has 0 atom stereocenters. The van der Waals surface area contributed by atoms with Gasteiger partial charge in [0.1, 0.15) is 0 Å². The SMILES string of the molecule is C=P/C(=C\C)C/C=C(\N=C(C)c1cc(-c2ccc3c(c2)c2ccccc2n3-c2ccccc2)ccc1Cc1ccc(C(C)(C)C)cc1-c1ccccc1C)c1ccccc1. The van der Waals surface area contributed by atoms with E-state index in [0.717, 1.165) is 49.3 Å². The van der Waals surface area contributed by atoms with E-state index in [4.69, 9.17) is 4.99 Å². The minimum atomic E-state index is 0.0286. The summed E-state index contributed by atoms with van der Waals surface area (Å²) < 4.78 is 2.38. The molecular weight excluding hydrogens is 744 g/mol. The third-order valence-corrected chi connectivity index (χ3v) is 12.6. The van der Waals surface area contributed by atoms with Gasteiger partial charge in [-0.3, -0.25) is 4.99 Å². The number of hydrogen-bond acceptors (Lipinski definition) is 1. The molecule has 7 aromatic carbocycles. The van der Waals surface area contributed by atoms with Gasteiger partial charge in [0.25, 0.3) is 0 Å². The second-order valence-corrected chi connectivity index (χ2v) is 17.6. The first-order valence-electron chi connectivity index (χ1n) is 21.0. The Labute approximate surface area is 358 Å². The minimum Gasteiger partial charge on any atom is -0.309 e. The van der Waals surface area contributed by atoms with Crippen LogP contribution in [0.15, 0.2) is 186 Å². The van der Waals surface area contributed by atoms with Crippen molar-refractivity contribution in [2.24, 2.45) is 4.99 Å². The van der Waals surface area contributed by atoms with Crippen LogP contribution in [-0.4, -0.2) is 16.6 Å². The molecule has 0 N–H and O–H groups in total. The van der Waals surface area contributed by atoms with Crippen LogP contribution in [0.2, 0.25) is 0 Å². The predicted molar refractivity (Wildman–Crippen MR) is 263 cm³/mol. The molecule has 2 nitrogen and oxygen atoms in total. The van der Waals surface area contributed by atoms with Gasteiger partial charge in [-0.05, 0) is 136 Å². The first-order chi connectivity index (χ1) is 29.1. The van der Waals surface area contributed by atoms with Gasteiger partial charge in [0.15, 0.2) is 0 Å². The number of rotatable bonds is 11. The van der Waals surface area contributed by atoms with E-state index in [0.29, 0.717) is 0 Å². The maximum atomic E-state index is 5.49. The minimum absolute atomic E-state index is 0.0286. The van der Waals surface area contributed by atoms with Crippen molar-refractivity contribution in [1.82, 2.24) is 4.57 Å². The lowest BCUT2D eigenvalue weighted by Gasteiger charge is -2.23. The summed E-state index contributed by atoms with van der Waals surface area (Å²) in [5.74, 6) is 0. The Morgan fingerprint density at radius 1 is 0.667 bits per heavy atom. The third-order valence-electron chi connectivity index (χ3n) is 11.7.